The largest absolute Gasteiger partial charge is 0.341 e. The highest BCUT2D eigenvalue weighted by Crippen LogP contribution is 2.22. The van der Waals surface area contributed by atoms with Gasteiger partial charge in [0.05, 0.1) is 5.92 Å². The average Bonchev–Trinajstić information content (AvgIpc) is 2.51. The van der Waals surface area contributed by atoms with Crippen molar-refractivity contribution in [3.05, 3.63) is 71.5 Å². The Hall–Kier alpha value is -2.16. The molecule has 0 radical (unpaired) electrons. The van der Waals surface area contributed by atoms with E-state index in [9.17, 15) is 9.18 Å². The molecule has 0 aromatic heterocycles. The van der Waals surface area contributed by atoms with Crippen LogP contribution in [0.15, 0.2) is 54.6 Å². The highest BCUT2D eigenvalue weighted by atomic mass is 19.1. The van der Waals surface area contributed by atoms with Crippen molar-refractivity contribution < 1.29 is 9.18 Å². The van der Waals surface area contributed by atoms with Crippen molar-refractivity contribution in [3.63, 3.8) is 0 Å². The summed E-state index contributed by atoms with van der Waals surface area (Å²) in [5.41, 5.74) is 1.96. The maximum absolute atomic E-state index is 12.9. The number of rotatable bonds is 5. The Bertz CT molecular complexity index is 580. The molecule has 0 aliphatic rings. The van der Waals surface area contributed by atoms with Gasteiger partial charge < -0.3 is 4.90 Å². The topological polar surface area (TPSA) is 20.3 Å². The van der Waals surface area contributed by atoms with Crippen LogP contribution in [0.2, 0.25) is 0 Å². The van der Waals surface area contributed by atoms with E-state index in [4.69, 9.17) is 0 Å². The molecule has 0 spiro atoms. The van der Waals surface area contributed by atoms with Gasteiger partial charge in [0.1, 0.15) is 5.82 Å². The van der Waals surface area contributed by atoms with Crippen LogP contribution in [0.1, 0.15) is 30.4 Å². The number of hydrogen-bond acceptors (Lipinski definition) is 1. The Morgan fingerprint density at radius 2 is 1.71 bits per heavy atom. The summed E-state index contributed by atoms with van der Waals surface area (Å²) in [7, 11) is 1.79. The first-order chi connectivity index (χ1) is 10.1. The number of nitrogens with zero attached hydrogens (tertiary/aromatic N) is 1. The lowest BCUT2D eigenvalue weighted by Crippen LogP contribution is -2.31. The van der Waals surface area contributed by atoms with Crippen LogP contribution in [-0.4, -0.2) is 17.9 Å². The molecule has 110 valence electrons. The van der Waals surface area contributed by atoms with E-state index in [-0.39, 0.29) is 17.6 Å². The third-order valence-electron chi connectivity index (χ3n) is 3.62. The van der Waals surface area contributed by atoms with Crippen molar-refractivity contribution >= 4 is 5.91 Å². The minimum atomic E-state index is -0.261. The minimum Gasteiger partial charge on any atom is -0.341 e. The van der Waals surface area contributed by atoms with Crippen LogP contribution in [0.5, 0.6) is 0 Å². The van der Waals surface area contributed by atoms with Gasteiger partial charge in [0, 0.05) is 13.6 Å². The molecule has 2 aromatic rings. The minimum absolute atomic E-state index is 0.0908. The number of hydrogen-bond donors (Lipinski definition) is 0. The fourth-order valence-corrected chi connectivity index (χ4v) is 2.45. The molecule has 0 saturated carbocycles. The summed E-state index contributed by atoms with van der Waals surface area (Å²) >= 11 is 0. The van der Waals surface area contributed by atoms with E-state index in [1.165, 1.54) is 12.1 Å². The van der Waals surface area contributed by atoms with Crippen LogP contribution in [-0.2, 0) is 11.3 Å². The van der Waals surface area contributed by atoms with Gasteiger partial charge in [-0.25, -0.2) is 4.39 Å². The Balaban J connectivity index is 2.08. The molecular weight excluding hydrogens is 265 g/mol. The first-order valence-electron chi connectivity index (χ1n) is 7.16. The SMILES string of the molecule is CCC(C(=O)N(C)Cc1ccc(F)cc1)c1ccccc1. The Morgan fingerprint density at radius 3 is 2.29 bits per heavy atom. The van der Waals surface area contributed by atoms with Crippen molar-refractivity contribution in [2.75, 3.05) is 7.05 Å². The number of likely N-dealkylation sites (N-methyl/N-ethyl adjacent to an activating group) is 1. The molecule has 1 atom stereocenters. The van der Waals surface area contributed by atoms with Crippen LogP contribution in [0.3, 0.4) is 0 Å². The van der Waals surface area contributed by atoms with E-state index in [1.807, 2.05) is 37.3 Å². The van der Waals surface area contributed by atoms with Gasteiger partial charge in [0.25, 0.3) is 0 Å². The molecule has 21 heavy (non-hydrogen) atoms. The number of carbonyl (C=O) groups is 1. The van der Waals surface area contributed by atoms with Gasteiger partial charge in [-0.2, -0.15) is 0 Å². The zero-order valence-electron chi connectivity index (χ0n) is 12.4. The van der Waals surface area contributed by atoms with E-state index in [0.717, 1.165) is 17.5 Å². The molecule has 0 saturated heterocycles. The highest BCUT2D eigenvalue weighted by Gasteiger charge is 2.21. The Morgan fingerprint density at radius 1 is 1.10 bits per heavy atom. The van der Waals surface area contributed by atoms with E-state index >= 15 is 0 Å². The van der Waals surface area contributed by atoms with Gasteiger partial charge in [-0.05, 0) is 29.7 Å². The quantitative estimate of drug-likeness (QED) is 0.813. The first kappa shape index (κ1) is 15.2. The van der Waals surface area contributed by atoms with Gasteiger partial charge in [0.2, 0.25) is 5.91 Å². The molecule has 0 heterocycles. The number of carbonyl (C=O) groups excluding carboxylic acids is 1. The molecule has 2 aromatic carbocycles. The monoisotopic (exact) mass is 285 g/mol. The summed E-state index contributed by atoms with van der Waals surface area (Å²) in [6.45, 7) is 2.50. The lowest BCUT2D eigenvalue weighted by atomic mass is 9.95. The van der Waals surface area contributed by atoms with Gasteiger partial charge in [-0.1, -0.05) is 49.4 Å². The lowest BCUT2D eigenvalue weighted by Gasteiger charge is -2.23. The molecule has 0 bridgehead atoms. The molecule has 1 unspecified atom stereocenters. The summed E-state index contributed by atoms with van der Waals surface area (Å²) in [6, 6.07) is 16.1. The molecule has 3 heteroatoms. The normalized spacial score (nSPS) is 12.0. The Kier molecular flexibility index (Phi) is 5.09. The summed E-state index contributed by atoms with van der Waals surface area (Å²) in [5.74, 6) is -0.298. The molecule has 0 aliphatic heterocycles. The highest BCUT2D eigenvalue weighted by molar-refractivity contribution is 5.83. The van der Waals surface area contributed by atoms with Gasteiger partial charge in [-0.15, -0.1) is 0 Å². The smallest absolute Gasteiger partial charge is 0.230 e. The van der Waals surface area contributed by atoms with Crippen molar-refractivity contribution in [2.24, 2.45) is 0 Å². The average molecular weight is 285 g/mol. The summed E-state index contributed by atoms with van der Waals surface area (Å²) in [4.78, 5) is 14.3. The molecule has 2 rings (SSSR count). The number of benzene rings is 2. The lowest BCUT2D eigenvalue weighted by molar-refractivity contribution is -0.132. The molecule has 1 amide bonds. The standard InChI is InChI=1S/C18H20FNO/c1-3-17(15-7-5-4-6-8-15)18(21)20(2)13-14-9-11-16(19)12-10-14/h4-12,17H,3,13H2,1-2H3. The summed E-state index contributed by atoms with van der Waals surface area (Å²) in [5, 5.41) is 0. The molecule has 2 nitrogen and oxygen atoms in total. The van der Waals surface area contributed by atoms with Crippen LogP contribution >= 0.6 is 0 Å². The molecule has 0 N–H and O–H groups in total. The van der Waals surface area contributed by atoms with Crippen molar-refractivity contribution in [1.29, 1.82) is 0 Å². The second-order valence-electron chi connectivity index (χ2n) is 5.19. The maximum Gasteiger partial charge on any atom is 0.230 e. The Labute approximate surface area is 125 Å². The van der Waals surface area contributed by atoms with Crippen LogP contribution in [0.4, 0.5) is 4.39 Å². The summed E-state index contributed by atoms with van der Waals surface area (Å²) in [6.07, 6.45) is 0.761. The van der Waals surface area contributed by atoms with E-state index < -0.39 is 0 Å². The molecular formula is C18H20FNO. The third-order valence-corrected chi connectivity index (χ3v) is 3.62. The second kappa shape index (κ2) is 7.02. The number of amides is 1. The number of halogens is 1. The van der Waals surface area contributed by atoms with Crippen LogP contribution < -0.4 is 0 Å². The van der Waals surface area contributed by atoms with E-state index in [0.29, 0.717) is 6.54 Å². The fraction of sp³-hybridized carbons (Fsp3) is 0.278. The fourth-order valence-electron chi connectivity index (χ4n) is 2.45. The predicted octanol–water partition coefficient (Wildman–Crippen LogP) is 3.98. The zero-order chi connectivity index (χ0) is 15.2. The van der Waals surface area contributed by atoms with Crippen molar-refractivity contribution in [2.45, 2.75) is 25.8 Å². The van der Waals surface area contributed by atoms with Crippen LogP contribution in [0, 0.1) is 5.82 Å². The van der Waals surface area contributed by atoms with Crippen molar-refractivity contribution in [1.82, 2.24) is 4.90 Å². The van der Waals surface area contributed by atoms with Gasteiger partial charge in [-0.3, -0.25) is 4.79 Å². The van der Waals surface area contributed by atoms with Crippen molar-refractivity contribution in [3.8, 4) is 0 Å². The zero-order valence-corrected chi connectivity index (χ0v) is 12.4. The van der Waals surface area contributed by atoms with Gasteiger partial charge >= 0.3 is 0 Å². The van der Waals surface area contributed by atoms with E-state index in [1.54, 1.807) is 24.1 Å². The molecule has 0 aliphatic carbocycles. The van der Waals surface area contributed by atoms with Gasteiger partial charge in [0.15, 0.2) is 0 Å². The third kappa shape index (κ3) is 3.91. The van der Waals surface area contributed by atoms with Crippen LogP contribution in [0.25, 0.3) is 0 Å². The second-order valence-corrected chi connectivity index (χ2v) is 5.19. The predicted molar refractivity (Wildman–Crippen MR) is 82.3 cm³/mol. The maximum atomic E-state index is 12.9. The first-order valence-corrected chi connectivity index (χ1v) is 7.16. The van der Waals surface area contributed by atoms with E-state index in [2.05, 4.69) is 0 Å². The molecule has 0 fully saturated rings. The summed E-state index contributed by atoms with van der Waals surface area (Å²) < 4.78 is 12.9.